The van der Waals surface area contributed by atoms with Gasteiger partial charge >= 0.3 is 0 Å². The molecule has 0 aliphatic rings. The Bertz CT molecular complexity index is 549. The summed E-state index contributed by atoms with van der Waals surface area (Å²) in [5.74, 6) is 0. The van der Waals surface area contributed by atoms with Gasteiger partial charge in [0.1, 0.15) is 0 Å². The highest BCUT2D eigenvalue weighted by Gasteiger charge is 2.12. The number of nitrogens with two attached hydrogens (primary N) is 1. The number of nitrogens with zero attached hydrogens (tertiary/aromatic N) is 1. The van der Waals surface area contributed by atoms with Gasteiger partial charge in [0, 0.05) is 29.3 Å². The molecule has 0 bridgehead atoms. The maximum Gasteiger partial charge on any atom is 0.0314 e. The summed E-state index contributed by atoms with van der Waals surface area (Å²) in [6.07, 6.45) is 0. The van der Waals surface area contributed by atoms with Gasteiger partial charge in [0.15, 0.2) is 0 Å². The molecule has 0 unspecified atom stereocenters. The summed E-state index contributed by atoms with van der Waals surface area (Å²) in [6.45, 7) is 6.32. The lowest BCUT2D eigenvalue weighted by atomic mass is 10.1. The van der Waals surface area contributed by atoms with Crippen LogP contribution in [-0.4, -0.2) is 10.9 Å². The average molecular weight is 333 g/mol. The van der Waals surface area contributed by atoms with Crippen LogP contribution in [0.15, 0.2) is 53.0 Å². The molecular weight excluding hydrogens is 312 g/mol. The first-order chi connectivity index (χ1) is 9.56. The second kappa shape index (κ2) is 6.91. The quantitative estimate of drug-likeness (QED) is 0.820. The average Bonchev–Trinajstić information content (AvgIpc) is 2.42. The summed E-state index contributed by atoms with van der Waals surface area (Å²) in [5, 5.41) is 0. The Morgan fingerprint density at radius 3 is 2.25 bits per heavy atom. The Labute approximate surface area is 129 Å². The van der Waals surface area contributed by atoms with E-state index in [9.17, 15) is 0 Å². The third kappa shape index (κ3) is 4.09. The first-order valence-electron chi connectivity index (χ1n) is 6.88. The first kappa shape index (κ1) is 15.1. The molecular formula is C17H21BrN2. The van der Waals surface area contributed by atoms with Crippen molar-refractivity contribution in [3.63, 3.8) is 0 Å². The summed E-state index contributed by atoms with van der Waals surface area (Å²) in [6, 6.07) is 17.0. The molecule has 0 fully saturated rings. The number of halogens is 1. The van der Waals surface area contributed by atoms with E-state index in [2.05, 4.69) is 65.0 Å². The number of anilines is 1. The van der Waals surface area contributed by atoms with Crippen LogP contribution in [0.3, 0.4) is 0 Å². The summed E-state index contributed by atoms with van der Waals surface area (Å²) in [7, 11) is 0. The van der Waals surface area contributed by atoms with E-state index in [1.165, 1.54) is 15.6 Å². The van der Waals surface area contributed by atoms with Crippen LogP contribution in [0.5, 0.6) is 0 Å². The summed E-state index contributed by atoms with van der Waals surface area (Å²) >= 11 is 3.63. The van der Waals surface area contributed by atoms with Gasteiger partial charge in [0.2, 0.25) is 0 Å². The maximum absolute atomic E-state index is 5.74. The topological polar surface area (TPSA) is 29.3 Å². The molecule has 106 valence electrons. The Hall–Kier alpha value is -1.32. The minimum Gasteiger partial charge on any atom is -0.399 e. The number of rotatable bonds is 5. The number of hydrogen-bond acceptors (Lipinski definition) is 2. The predicted octanol–water partition coefficient (Wildman–Crippen LogP) is 4.44. The standard InChI is InChI=1S/C17H21BrN2/c1-13(2)20(11-14-7-9-16(19)10-8-14)12-15-5-3-4-6-17(15)18/h3-10,13H,11-12,19H2,1-2H3. The van der Waals surface area contributed by atoms with Crippen molar-refractivity contribution in [1.29, 1.82) is 0 Å². The minimum absolute atomic E-state index is 0.486. The summed E-state index contributed by atoms with van der Waals surface area (Å²) in [4.78, 5) is 2.45. The lowest BCUT2D eigenvalue weighted by molar-refractivity contribution is 0.203. The molecule has 0 atom stereocenters. The largest absolute Gasteiger partial charge is 0.399 e. The van der Waals surface area contributed by atoms with E-state index in [4.69, 9.17) is 5.73 Å². The lowest BCUT2D eigenvalue weighted by Gasteiger charge is -2.27. The zero-order valence-electron chi connectivity index (χ0n) is 12.0. The highest BCUT2D eigenvalue weighted by atomic mass is 79.9. The van der Waals surface area contributed by atoms with Gasteiger partial charge in [0.05, 0.1) is 0 Å². The van der Waals surface area contributed by atoms with Crippen molar-refractivity contribution in [2.24, 2.45) is 0 Å². The predicted molar refractivity (Wildman–Crippen MR) is 89.4 cm³/mol. The van der Waals surface area contributed by atoms with Crippen LogP contribution in [0, 0.1) is 0 Å². The van der Waals surface area contributed by atoms with Crippen LogP contribution in [0.4, 0.5) is 5.69 Å². The van der Waals surface area contributed by atoms with Crippen LogP contribution in [0.1, 0.15) is 25.0 Å². The molecule has 0 aromatic heterocycles. The van der Waals surface area contributed by atoms with Crippen molar-refractivity contribution in [2.45, 2.75) is 33.0 Å². The molecule has 20 heavy (non-hydrogen) atoms. The van der Waals surface area contributed by atoms with Gasteiger partial charge < -0.3 is 5.73 Å². The van der Waals surface area contributed by atoms with Crippen LogP contribution < -0.4 is 5.73 Å². The third-order valence-corrected chi connectivity index (χ3v) is 4.20. The van der Waals surface area contributed by atoms with Crippen molar-refractivity contribution >= 4 is 21.6 Å². The van der Waals surface area contributed by atoms with Gasteiger partial charge in [-0.15, -0.1) is 0 Å². The lowest BCUT2D eigenvalue weighted by Crippen LogP contribution is -2.29. The molecule has 0 heterocycles. The molecule has 2 aromatic carbocycles. The van der Waals surface area contributed by atoms with Gasteiger partial charge in [0.25, 0.3) is 0 Å². The van der Waals surface area contributed by atoms with E-state index >= 15 is 0 Å². The minimum atomic E-state index is 0.486. The smallest absolute Gasteiger partial charge is 0.0314 e. The molecule has 0 amide bonds. The molecule has 0 radical (unpaired) electrons. The van der Waals surface area contributed by atoms with E-state index in [1.807, 2.05) is 18.2 Å². The van der Waals surface area contributed by atoms with Crippen molar-refractivity contribution in [3.8, 4) is 0 Å². The van der Waals surface area contributed by atoms with Gasteiger partial charge in [-0.3, -0.25) is 4.90 Å². The Morgan fingerprint density at radius 2 is 1.65 bits per heavy atom. The van der Waals surface area contributed by atoms with Crippen molar-refractivity contribution in [3.05, 3.63) is 64.1 Å². The molecule has 2 nitrogen and oxygen atoms in total. The third-order valence-electron chi connectivity index (χ3n) is 3.43. The van der Waals surface area contributed by atoms with Gasteiger partial charge in [-0.1, -0.05) is 46.3 Å². The van der Waals surface area contributed by atoms with Crippen LogP contribution in [0.2, 0.25) is 0 Å². The van der Waals surface area contributed by atoms with E-state index in [1.54, 1.807) is 0 Å². The molecule has 0 aliphatic heterocycles. The Kier molecular flexibility index (Phi) is 5.21. The van der Waals surface area contributed by atoms with Crippen molar-refractivity contribution < 1.29 is 0 Å². The molecule has 0 spiro atoms. The zero-order valence-corrected chi connectivity index (χ0v) is 13.6. The van der Waals surface area contributed by atoms with Gasteiger partial charge in [-0.2, -0.15) is 0 Å². The molecule has 0 aliphatic carbocycles. The normalized spacial score (nSPS) is 11.2. The highest BCUT2D eigenvalue weighted by Crippen LogP contribution is 2.20. The Morgan fingerprint density at radius 1 is 1.00 bits per heavy atom. The van der Waals surface area contributed by atoms with Gasteiger partial charge in [-0.25, -0.2) is 0 Å². The summed E-state index contributed by atoms with van der Waals surface area (Å²) in [5.41, 5.74) is 9.16. The zero-order chi connectivity index (χ0) is 14.5. The first-order valence-corrected chi connectivity index (χ1v) is 7.67. The molecule has 3 heteroatoms. The van der Waals surface area contributed by atoms with E-state index in [0.717, 1.165) is 18.8 Å². The van der Waals surface area contributed by atoms with E-state index in [0.29, 0.717) is 6.04 Å². The van der Waals surface area contributed by atoms with Crippen LogP contribution in [-0.2, 0) is 13.1 Å². The fourth-order valence-corrected chi connectivity index (χ4v) is 2.53. The maximum atomic E-state index is 5.74. The Balaban J connectivity index is 2.11. The fourth-order valence-electron chi connectivity index (χ4n) is 2.12. The van der Waals surface area contributed by atoms with Crippen molar-refractivity contribution in [1.82, 2.24) is 4.90 Å². The monoisotopic (exact) mass is 332 g/mol. The highest BCUT2D eigenvalue weighted by molar-refractivity contribution is 9.10. The second-order valence-electron chi connectivity index (χ2n) is 5.33. The van der Waals surface area contributed by atoms with Crippen LogP contribution in [0.25, 0.3) is 0 Å². The van der Waals surface area contributed by atoms with Gasteiger partial charge in [-0.05, 0) is 43.2 Å². The molecule has 0 saturated carbocycles. The molecule has 0 saturated heterocycles. The summed E-state index contributed by atoms with van der Waals surface area (Å²) < 4.78 is 1.17. The van der Waals surface area contributed by atoms with Crippen LogP contribution >= 0.6 is 15.9 Å². The fraction of sp³-hybridized carbons (Fsp3) is 0.294. The van der Waals surface area contributed by atoms with E-state index in [-0.39, 0.29) is 0 Å². The number of nitrogen functional groups attached to an aromatic ring is 1. The number of hydrogen-bond donors (Lipinski definition) is 1. The number of benzene rings is 2. The SMILES string of the molecule is CC(C)N(Cc1ccc(N)cc1)Cc1ccccc1Br. The molecule has 2 aromatic rings. The molecule has 2 N–H and O–H groups in total. The van der Waals surface area contributed by atoms with E-state index < -0.39 is 0 Å². The molecule has 2 rings (SSSR count). The van der Waals surface area contributed by atoms with Crippen molar-refractivity contribution in [2.75, 3.05) is 5.73 Å². The second-order valence-corrected chi connectivity index (χ2v) is 6.19.